The lowest BCUT2D eigenvalue weighted by atomic mass is 9.79. The smallest absolute Gasteiger partial charge is 0.0208 e. The molecule has 0 aromatic heterocycles. The van der Waals surface area contributed by atoms with Gasteiger partial charge in [-0.3, -0.25) is 5.14 Å². The van der Waals surface area contributed by atoms with Crippen molar-refractivity contribution >= 4 is 11.9 Å². The molecule has 0 radical (unpaired) electrons. The summed E-state index contributed by atoms with van der Waals surface area (Å²) in [5, 5.41) is 6.05. The Morgan fingerprint density at radius 3 is 1.69 bits per heavy atom. The highest BCUT2D eigenvalue weighted by Gasteiger charge is 2.28. The van der Waals surface area contributed by atoms with Crippen LogP contribution in [0.25, 0.3) is 0 Å². The zero-order chi connectivity index (χ0) is 10.6. The Hall–Kier alpha value is 0.270. The molecule has 0 amide bonds. The summed E-state index contributed by atoms with van der Waals surface area (Å²) in [5.74, 6) is 1.81. The van der Waals surface area contributed by atoms with Crippen LogP contribution >= 0.6 is 11.9 Å². The van der Waals surface area contributed by atoms with Gasteiger partial charge in [-0.25, -0.2) is 0 Å². The van der Waals surface area contributed by atoms with E-state index in [1.165, 1.54) is 11.9 Å². The van der Waals surface area contributed by atoms with Crippen LogP contribution in [0.4, 0.5) is 0 Å². The minimum Gasteiger partial charge on any atom is -0.328 e. The summed E-state index contributed by atoms with van der Waals surface area (Å²) < 4.78 is 0. The van der Waals surface area contributed by atoms with Crippen molar-refractivity contribution in [1.82, 2.24) is 0 Å². The Bertz CT molecular complexity index is 137. The average molecular weight is 204 g/mol. The highest BCUT2D eigenvalue weighted by molar-refractivity contribution is 7.97. The maximum absolute atomic E-state index is 5.98. The fraction of sp³-hybridized carbons (Fsp3) is 1.00. The molecule has 80 valence electrons. The lowest BCUT2D eigenvalue weighted by Gasteiger charge is -2.33. The van der Waals surface area contributed by atoms with Crippen LogP contribution < -0.4 is 10.9 Å². The van der Waals surface area contributed by atoms with E-state index in [9.17, 15) is 0 Å². The molecule has 3 heteroatoms. The summed E-state index contributed by atoms with van der Waals surface area (Å²) >= 11 is 1.43. The van der Waals surface area contributed by atoms with Crippen LogP contribution in [0, 0.1) is 17.8 Å². The number of rotatable bonds is 5. The van der Waals surface area contributed by atoms with Gasteiger partial charge in [0, 0.05) is 11.3 Å². The van der Waals surface area contributed by atoms with Crippen molar-refractivity contribution in [3.8, 4) is 0 Å². The molecule has 0 saturated carbocycles. The first-order valence-corrected chi connectivity index (χ1v) is 5.97. The van der Waals surface area contributed by atoms with E-state index in [4.69, 9.17) is 10.9 Å². The van der Waals surface area contributed by atoms with Crippen molar-refractivity contribution in [1.29, 1.82) is 0 Å². The van der Waals surface area contributed by atoms with Crippen LogP contribution in [0.2, 0.25) is 0 Å². The third-order valence-electron chi connectivity index (χ3n) is 3.02. The zero-order valence-electron chi connectivity index (χ0n) is 9.45. The van der Waals surface area contributed by atoms with Gasteiger partial charge < -0.3 is 5.73 Å². The van der Waals surface area contributed by atoms with Crippen LogP contribution in [-0.2, 0) is 0 Å². The molecule has 0 aliphatic rings. The predicted octanol–water partition coefficient (Wildman–Crippen LogP) is 2.24. The maximum Gasteiger partial charge on any atom is 0.0208 e. The van der Waals surface area contributed by atoms with Gasteiger partial charge in [-0.1, -0.05) is 39.6 Å². The van der Waals surface area contributed by atoms with Crippen molar-refractivity contribution in [3.05, 3.63) is 0 Å². The van der Waals surface area contributed by atoms with Gasteiger partial charge in [0.1, 0.15) is 0 Å². The highest BCUT2D eigenvalue weighted by Crippen LogP contribution is 2.29. The summed E-state index contributed by atoms with van der Waals surface area (Å²) in [7, 11) is 0. The minimum atomic E-state index is 0.225. The first kappa shape index (κ1) is 13.3. The second-order valence-corrected chi connectivity index (χ2v) is 5.40. The molecule has 0 spiro atoms. The van der Waals surface area contributed by atoms with E-state index in [1.807, 2.05) is 0 Å². The molecule has 4 unspecified atom stereocenters. The first-order chi connectivity index (χ1) is 5.91. The van der Waals surface area contributed by atoms with E-state index < -0.39 is 0 Å². The minimum absolute atomic E-state index is 0.225. The van der Waals surface area contributed by atoms with E-state index in [0.717, 1.165) is 0 Å². The van der Waals surface area contributed by atoms with E-state index in [2.05, 4.69) is 34.6 Å². The van der Waals surface area contributed by atoms with Gasteiger partial charge in [0.15, 0.2) is 0 Å². The van der Waals surface area contributed by atoms with Crippen molar-refractivity contribution in [3.63, 3.8) is 0 Å². The van der Waals surface area contributed by atoms with Crippen LogP contribution in [0.15, 0.2) is 0 Å². The van der Waals surface area contributed by atoms with Crippen LogP contribution in [0.5, 0.6) is 0 Å². The molecular weight excluding hydrogens is 180 g/mol. The van der Waals surface area contributed by atoms with Gasteiger partial charge in [0.05, 0.1) is 0 Å². The second-order valence-electron chi connectivity index (χ2n) is 4.38. The quantitative estimate of drug-likeness (QED) is 0.675. The fourth-order valence-corrected chi connectivity index (χ4v) is 2.55. The summed E-state index contributed by atoms with van der Waals surface area (Å²) in [4.78, 5) is 0. The molecule has 0 fully saturated rings. The monoisotopic (exact) mass is 204 g/mol. The van der Waals surface area contributed by atoms with Gasteiger partial charge in [-0.2, -0.15) is 0 Å². The standard InChI is InChI=1S/C10H24N2S/c1-6(2)7(3)10(8(4)11)9(5)13-12/h6-10H,11-12H2,1-5H3. The Kier molecular flexibility index (Phi) is 6.01. The molecular formula is C10H24N2S. The van der Waals surface area contributed by atoms with Crippen LogP contribution in [-0.4, -0.2) is 11.3 Å². The third-order valence-corrected chi connectivity index (χ3v) is 3.77. The largest absolute Gasteiger partial charge is 0.328 e. The van der Waals surface area contributed by atoms with Gasteiger partial charge in [-0.15, -0.1) is 0 Å². The Morgan fingerprint density at radius 2 is 1.46 bits per heavy atom. The Morgan fingerprint density at radius 1 is 1.00 bits per heavy atom. The maximum atomic E-state index is 5.98. The third kappa shape index (κ3) is 3.88. The van der Waals surface area contributed by atoms with Crippen molar-refractivity contribution in [2.75, 3.05) is 0 Å². The summed E-state index contributed by atoms with van der Waals surface area (Å²) in [6.07, 6.45) is 0. The molecule has 0 heterocycles. The van der Waals surface area contributed by atoms with Crippen molar-refractivity contribution < 1.29 is 0 Å². The summed E-state index contributed by atoms with van der Waals surface area (Å²) in [6.45, 7) is 11.0. The summed E-state index contributed by atoms with van der Waals surface area (Å²) in [6, 6.07) is 0.225. The van der Waals surface area contributed by atoms with E-state index in [1.54, 1.807) is 0 Å². The lowest BCUT2D eigenvalue weighted by Crippen LogP contribution is -2.39. The molecule has 4 N–H and O–H groups in total. The molecule has 0 aliphatic heterocycles. The van der Waals surface area contributed by atoms with Gasteiger partial charge in [-0.05, 0) is 24.7 Å². The molecule has 13 heavy (non-hydrogen) atoms. The zero-order valence-corrected chi connectivity index (χ0v) is 10.3. The summed E-state index contributed by atoms with van der Waals surface area (Å²) in [5.41, 5.74) is 5.98. The second kappa shape index (κ2) is 5.89. The Balaban J connectivity index is 4.41. The predicted molar refractivity (Wildman–Crippen MR) is 62.4 cm³/mol. The number of hydrogen-bond donors (Lipinski definition) is 2. The van der Waals surface area contributed by atoms with Gasteiger partial charge >= 0.3 is 0 Å². The van der Waals surface area contributed by atoms with E-state index >= 15 is 0 Å². The molecule has 0 aromatic carbocycles. The van der Waals surface area contributed by atoms with Crippen LogP contribution in [0.1, 0.15) is 34.6 Å². The molecule has 0 bridgehead atoms. The topological polar surface area (TPSA) is 52.0 Å². The fourth-order valence-electron chi connectivity index (χ4n) is 1.87. The first-order valence-electron chi connectivity index (χ1n) is 5.02. The molecule has 2 nitrogen and oxygen atoms in total. The molecule has 0 rings (SSSR count). The molecule has 4 atom stereocenters. The Labute approximate surface area is 87.0 Å². The van der Waals surface area contributed by atoms with Crippen LogP contribution in [0.3, 0.4) is 0 Å². The van der Waals surface area contributed by atoms with Gasteiger partial charge in [0.25, 0.3) is 0 Å². The van der Waals surface area contributed by atoms with Crippen molar-refractivity contribution in [2.24, 2.45) is 28.6 Å². The highest BCUT2D eigenvalue weighted by atomic mass is 32.2. The molecule has 0 saturated heterocycles. The number of nitrogens with two attached hydrogens (primary N) is 2. The van der Waals surface area contributed by atoms with Gasteiger partial charge in [0.2, 0.25) is 0 Å². The van der Waals surface area contributed by atoms with E-state index in [-0.39, 0.29) is 6.04 Å². The normalized spacial score (nSPS) is 21.2. The van der Waals surface area contributed by atoms with Crippen molar-refractivity contribution in [2.45, 2.75) is 45.9 Å². The molecule has 0 aromatic rings. The van der Waals surface area contributed by atoms with E-state index in [0.29, 0.717) is 23.0 Å². The average Bonchev–Trinajstić information content (AvgIpc) is 2.03. The lowest BCUT2D eigenvalue weighted by molar-refractivity contribution is 0.244. The molecule has 0 aliphatic carbocycles. The SMILES string of the molecule is CC(C)C(C)C(C(C)N)C(C)SN. The number of hydrogen-bond acceptors (Lipinski definition) is 3.